The fourth-order valence-electron chi connectivity index (χ4n) is 2.59. The summed E-state index contributed by atoms with van der Waals surface area (Å²) in [6.07, 6.45) is 5.41. The molecule has 3 nitrogen and oxygen atoms in total. The van der Waals surface area contributed by atoms with Crippen LogP contribution in [0.25, 0.3) is 0 Å². The topological polar surface area (TPSA) is 52.3 Å². The van der Waals surface area contributed by atoms with Crippen molar-refractivity contribution >= 4 is 23.3 Å². The van der Waals surface area contributed by atoms with Gasteiger partial charge in [-0.2, -0.15) is 0 Å². The Bertz CT molecular complexity index is 453. The van der Waals surface area contributed by atoms with Crippen molar-refractivity contribution in [1.29, 1.82) is 0 Å². The number of ether oxygens (including phenoxy) is 1. The van der Waals surface area contributed by atoms with Crippen molar-refractivity contribution in [1.82, 2.24) is 0 Å². The summed E-state index contributed by atoms with van der Waals surface area (Å²) in [6.45, 7) is 2.21. The molecule has 4 heteroatoms. The maximum Gasteiger partial charge on any atom is 0.340 e. The lowest BCUT2D eigenvalue weighted by Crippen LogP contribution is -2.24. The first kappa shape index (κ1) is 14.2. The van der Waals surface area contributed by atoms with Crippen molar-refractivity contribution in [3.63, 3.8) is 0 Å². The van der Waals surface area contributed by atoms with E-state index in [0.717, 1.165) is 31.6 Å². The first-order chi connectivity index (χ1) is 9.11. The highest BCUT2D eigenvalue weighted by Crippen LogP contribution is 2.30. The Morgan fingerprint density at radius 3 is 2.68 bits per heavy atom. The van der Waals surface area contributed by atoms with Gasteiger partial charge in [-0.15, -0.1) is 0 Å². The number of para-hydroxylation sites is 1. The Balaban J connectivity index is 1.96. The van der Waals surface area contributed by atoms with Gasteiger partial charge in [-0.1, -0.05) is 31.0 Å². The van der Waals surface area contributed by atoms with E-state index in [1.54, 1.807) is 18.2 Å². The maximum atomic E-state index is 12.1. The predicted octanol–water partition coefficient (Wildman–Crippen LogP) is 4.05. The Morgan fingerprint density at radius 1 is 1.37 bits per heavy atom. The van der Waals surface area contributed by atoms with E-state index in [1.807, 2.05) is 0 Å². The molecule has 0 radical (unpaired) electrons. The Hall–Kier alpha value is -1.22. The van der Waals surface area contributed by atoms with Crippen molar-refractivity contribution in [2.75, 3.05) is 5.73 Å². The highest BCUT2D eigenvalue weighted by Gasteiger charge is 2.24. The van der Waals surface area contributed by atoms with Gasteiger partial charge in [-0.05, 0) is 43.7 Å². The van der Waals surface area contributed by atoms with Crippen LogP contribution >= 0.6 is 11.6 Å². The van der Waals surface area contributed by atoms with Crippen molar-refractivity contribution in [3.05, 3.63) is 28.8 Å². The Kier molecular flexibility index (Phi) is 4.70. The normalized spacial score (nSPS) is 23.1. The van der Waals surface area contributed by atoms with Crippen LogP contribution in [0.3, 0.4) is 0 Å². The fraction of sp³-hybridized carbons (Fsp3) is 0.533. The van der Waals surface area contributed by atoms with Gasteiger partial charge < -0.3 is 10.5 Å². The molecule has 0 aliphatic heterocycles. The van der Waals surface area contributed by atoms with Crippen LogP contribution in [0, 0.1) is 5.92 Å². The van der Waals surface area contributed by atoms with Crippen LogP contribution in [0.4, 0.5) is 5.69 Å². The third-order valence-electron chi connectivity index (χ3n) is 3.92. The second-order valence-electron chi connectivity index (χ2n) is 5.16. The highest BCUT2D eigenvalue weighted by molar-refractivity contribution is 6.33. The second-order valence-corrected chi connectivity index (χ2v) is 5.56. The summed E-state index contributed by atoms with van der Waals surface area (Å²) >= 11 is 5.91. The predicted molar refractivity (Wildman–Crippen MR) is 77.3 cm³/mol. The quantitative estimate of drug-likeness (QED) is 0.672. The van der Waals surface area contributed by atoms with Crippen molar-refractivity contribution in [2.24, 2.45) is 5.92 Å². The Morgan fingerprint density at radius 2 is 2.05 bits per heavy atom. The molecule has 0 spiro atoms. The molecular weight excluding hydrogens is 262 g/mol. The molecule has 1 aromatic carbocycles. The van der Waals surface area contributed by atoms with Gasteiger partial charge in [0.1, 0.15) is 6.10 Å². The van der Waals surface area contributed by atoms with E-state index in [2.05, 4.69) is 6.92 Å². The van der Waals surface area contributed by atoms with Gasteiger partial charge in [0.05, 0.1) is 16.3 Å². The van der Waals surface area contributed by atoms with E-state index in [-0.39, 0.29) is 12.1 Å². The van der Waals surface area contributed by atoms with E-state index in [4.69, 9.17) is 22.1 Å². The molecule has 104 valence electrons. The average Bonchev–Trinajstić information content (AvgIpc) is 2.42. The molecule has 1 aromatic rings. The molecule has 1 aliphatic carbocycles. The molecule has 2 rings (SSSR count). The molecule has 0 atom stereocenters. The second kappa shape index (κ2) is 6.29. The van der Waals surface area contributed by atoms with Gasteiger partial charge in [0.15, 0.2) is 0 Å². The van der Waals surface area contributed by atoms with Crippen molar-refractivity contribution in [3.8, 4) is 0 Å². The lowest BCUT2D eigenvalue weighted by molar-refractivity contribution is 0.0165. The minimum Gasteiger partial charge on any atom is -0.459 e. The summed E-state index contributed by atoms with van der Waals surface area (Å²) in [7, 11) is 0. The van der Waals surface area contributed by atoms with Crippen LogP contribution in [-0.4, -0.2) is 12.1 Å². The molecule has 1 aliphatic rings. The molecule has 1 fully saturated rings. The van der Waals surface area contributed by atoms with Gasteiger partial charge in [-0.3, -0.25) is 0 Å². The van der Waals surface area contributed by atoms with Gasteiger partial charge in [-0.25, -0.2) is 4.79 Å². The molecule has 1 saturated carbocycles. The summed E-state index contributed by atoms with van der Waals surface area (Å²) in [5.41, 5.74) is 6.47. The SMILES string of the molecule is CCC1CCC(OC(=O)c2cccc(Cl)c2N)CC1. The van der Waals surface area contributed by atoms with Crippen LogP contribution < -0.4 is 5.73 Å². The minimum absolute atomic E-state index is 0.0219. The number of esters is 1. The number of hydrogen-bond donors (Lipinski definition) is 1. The monoisotopic (exact) mass is 281 g/mol. The lowest BCUT2D eigenvalue weighted by Gasteiger charge is -2.27. The number of benzene rings is 1. The number of carbonyl (C=O) groups is 1. The summed E-state index contributed by atoms with van der Waals surface area (Å²) in [5, 5.41) is 0.393. The van der Waals surface area contributed by atoms with Crippen LogP contribution in [0.5, 0.6) is 0 Å². The Labute approximate surface area is 119 Å². The number of halogens is 1. The molecule has 19 heavy (non-hydrogen) atoms. The summed E-state index contributed by atoms with van der Waals surface area (Å²) in [6, 6.07) is 5.03. The third-order valence-corrected chi connectivity index (χ3v) is 4.25. The number of rotatable bonds is 3. The average molecular weight is 282 g/mol. The molecule has 0 aromatic heterocycles. The molecule has 0 bridgehead atoms. The molecule has 0 saturated heterocycles. The van der Waals surface area contributed by atoms with Crippen LogP contribution in [0.15, 0.2) is 18.2 Å². The van der Waals surface area contributed by atoms with Gasteiger partial charge >= 0.3 is 5.97 Å². The first-order valence-electron chi connectivity index (χ1n) is 6.86. The summed E-state index contributed by atoms with van der Waals surface area (Å²) in [4.78, 5) is 12.1. The smallest absolute Gasteiger partial charge is 0.340 e. The fourth-order valence-corrected chi connectivity index (χ4v) is 2.76. The number of hydrogen-bond acceptors (Lipinski definition) is 3. The van der Waals surface area contributed by atoms with E-state index in [1.165, 1.54) is 6.42 Å². The van der Waals surface area contributed by atoms with Gasteiger partial charge in [0, 0.05) is 0 Å². The maximum absolute atomic E-state index is 12.1. The number of anilines is 1. The minimum atomic E-state index is -0.361. The van der Waals surface area contributed by atoms with E-state index in [0.29, 0.717) is 16.3 Å². The summed E-state index contributed by atoms with van der Waals surface area (Å²) < 4.78 is 5.53. The van der Waals surface area contributed by atoms with E-state index >= 15 is 0 Å². The largest absolute Gasteiger partial charge is 0.459 e. The zero-order valence-electron chi connectivity index (χ0n) is 11.2. The van der Waals surface area contributed by atoms with E-state index < -0.39 is 0 Å². The summed E-state index contributed by atoms with van der Waals surface area (Å²) in [5.74, 6) is 0.422. The lowest BCUT2D eigenvalue weighted by atomic mass is 9.86. The number of carbonyl (C=O) groups excluding carboxylic acids is 1. The van der Waals surface area contributed by atoms with Crippen LogP contribution in [0.1, 0.15) is 49.4 Å². The number of nitrogen functional groups attached to an aromatic ring is 1. The molecular formula is C15H20ClNO2. The zero-order chi connectivity index (χ0) is 13.8. The van der Waals surface area contributed by atoms with Crippen LogP contribution in [0.2, 0.25) is 5.02 Å². The molecule has 2 N–H and O–H groups in total. The third kappa shape index (κ3) is 3.41. The highest BCUT2D eigenvalue weighted by atomic mass is 35.5. The zero-order valence-corrected chi connectivity index (χ0v) is 12.0. The van der Waals surface area contributed by atoms with E-state index in [9.17, 15) is 4.79 Å². The van der Waals surface area contributed by atoms with Gasteiger partial charge in [0.25, 0.3) is 0 Å². The van der Waals surface area contributed by atoms with Crippen LogP contribution in [-0.2, 0) is 4.74 Å². The number of nitrogens with two attached hydrogens (primary N) is 1. The molecule has 0 amide bonds. The molecule has 0 heterocycles. The standard InChI is InChI=1S/C15H20ClNO2/c1-2-10-6-8-11(9-7-10)19-15(18)12-4-3-5-13(16)14(12)17/h3-5,10-11H,2,6-9,17H2,1H3. The molecule has 0 unspecified atom stereocenters. The first-order valence-corrected chi connectivity index (χ1v) is 7.24. The van der Waals surface area contributed by atoms with Crippen molar-refractivity contribution < 1.29 is 9.53 Å². The van der Waals surface area contributed by atoms with Gasteiger partial charge in [0.2, 0.25) is 0 Å². The van der Waals surface area contributed by atoms with Crippen molar-refractivity contribution in [2.45, 2.75) is 45.1 Å².